The number of imide groups is 1. The summed E-state index contributed by atoms with van der Waals surface area (Å²) in [6, 6.07) is 0. The first-order valence-corrected chi connectivity index (χ1v) is 6.06. The molecule has 0 aromatic rings. The van der Waals surface area contributed by atoms with Gasteiger partial charge in [-0.1, -0.05) is 6.42 Å². The Balaban J connectivity index is 1.73. The van der Waals surface area contributed by atoms with Gasteiger partial charge in [0.05, 0.1) is 18.4 Å². The van der Waals surface area contributed by atoms with Crippen LogP contribution in [0.4, 0.5) is 0 Å². The van der Waals surface area contributed by atoms with Gasteiger partial charge >= 0.3 is 0 Å². The number of ketones is 1. The topological polar surface area (TPSA) is 54.5 Å². The molecular weight excluding hydrogens is 206 g/mol. The van der Waals surface area contributed by atoms with Gasteiger partial charge in [-0.05, 0) is 25.7 Å². The molecule has 0 bridgehead atoms. The Hall–Kier alpha value is -1.19. The minimum absolute atomic E-state index is 0.0370. The number of carbonyl (C=O) groups is 3. The van der Waals surface area contributed by atoms with Crippen LogP contribution in [0.3, 0.4) is 0 Å². The molecule has 3 rings (SSSR count). The molecule has 0 N–H and O–H groups in total. The molecule has 3 fully saturated rings. The summed E-state index contributed by atoms with van der Waals surface area (Å²) in [5.41, 5.74) is 0. The fraction of sp³-hybridized carbons (Fsp3) is 0.750. The van der Waals surface area contributed by atoms with Crippen LogP contribution in [0.15, 0.2) is 0 Å². The molecule has 1 heterocycles. The van der Waals surface area contributed by atoms with Crippen LogP contribution in [-0.4, -0.2) is 29.0 Å². The first-order chi connectivity index (χ1) is 7.68. The predicted molar refractivity (Wildman–Crippen MR) is 55.3 cm³/mol. The monoisotopic (exact) mass is 221 g/mol. The van der Waals surface area contributed by atoms with E-state index in [1.54, 1.807) is 0 Å². The van der Waals surface area contributed by atoms with Crippen molar-refractivity contribution in [3.8, 4) is 0 Å². The fourth-order valence-corrected chi connectivity index (χ4v) is 2.91. The fourth-order valence-electron chi connectivity index (χ4n) is 2.91. The zero-order chi connectivity index (χ0) is 11.3. The Bertz CT molecular complexity index is 350. The van der Waals surface area contributed by atoms with Crippen molar-refractivity contribution in [1.82, 2.24) is 4.90 Å². The van der Waals surface area contributed by atoms with E-state index in [1.165, 1.54) is 4.90 Å². The van der Waals surface area contributed by atoms with Crippen molar-refractivity contribution in [1.29, 1.82) is 0 Å². The van der Waals surface area contributed by atoms with Crippen molar-refractivity contribution in [3.05, 3.63) is 0 Å². The summed E-state index contributed by atoms with van der Waals surface area (Å²) in [5.74, 6) is -0.218. The number of amides is 2. The summed E-state index contributed by atoms with van der Waals surface area (Å²) >= 11 is 0. The van der Waals surface area contributed by atoms with Gasteiger partial charge in [-0.3, -0.25) is 19.3 Å². The minimum Gasteiger partial charge on any atom is -0.297 e. The largest absolute Gasteiger partial charge is 0.297 e. The van der Waals surface area contributed by atoms with Crippen molar-refractivity contribution >= 4 is 17.6 Å². The molecule has 4 nitrogen and oxygen atoms in total. The first kappa shape index (κ1) is 10.00. The van der Waals surface area contributed by atoms with Gasteiger partial charge in [0.2, 0.25) is 11.8 Å². The standard InChI is InChI=1S/C12H15NO3/c14-10(7-4-5-7)6-13-11(15)8-2-1-3-9(8)12(13)16/h7-9H,1-6H2. The highest BCUT2D eigenvalue weighted by Crippen LogP contribution is 2.40. The van der Waals surface area contributed by atoms with Crippen LogP contribution in [0.2, 0.25) is 0 Å². The van der Waals surface area contributed by atoms with Crippen LogP contribution in [0.25, 0.3) is 0 Å². The van der Waals surface area contributed by atoms with E-state index in [-0.39, 0.29) is 41.9 Å². The summed E-state index contributed by atoms with van der Waals surface area (Å²) in [7, 11) is 0. The van der Waals surface area contributed by atoms with Crippen LogP contribution in [0, 0.1) is 17.8 Å². The lowest BCUT2D eigenvalue weighted by molar-refractivity contribution is -0.143. The van der Waals surface area contributed by atoms with E-state index in [0.717, 1.165) is 32.1 Å². The Morgan fingerprint density at radius 2 is 1.62 bits per heavy atom. The third-order valence-electron chi connectivity index (χ3n) is 4.03. The highest BCUT2D eigenvalue weighted by Gasteiger charge is 2.50. The number of carbonyl (C=O) groups excluding carboxylic acids is 3. The van der Waals surface area contributed by atoms with E-state index >= 15 is 0 Å². The zero-order valence-corrected chi connectivity index (χ0v) is 9.15. The molecule has 1 saturated heterocycles. The maximum atomic E-state index is 11.9. The summed E-state index contributed by atoms with van der Waals surface area (Å²) in [5, 5.41) is 0. The molecule has 0 spiro atoms. The molecule has 0 aromatic heterocycles. The molecule has 1 aliphatic heterocycles. The normalized spacial score (nSPS) is 33.4. The number of hydrogen-bond acceptors (Lipinski definition) is 3. The van der Waals surface area contributed by atoms with Gasteiger partial charge in [0.25, 0.3) is 0 Å². The van der Waals surface area contributed by atoms with Gasteiger partial charge < -0.3 is 0 Å². The van der Waals surface area contributed by atoms with E-state index in [9.17, 15) is 14.4 Å². The third-order valence-corrected chi connectivity index (χ3v) is 4.03. The highest BCUT2D eigenvalue weighted by atomic mass is 16.2. The molecule has 86 valence electrons. The molecule has 0 radical (unpaired) electrons. The predicted octanol–water partition coefficient (Wildman–Crippen LogP) is 0.751. The van der Waals surface area contributed by atoms with E-state index in [2.05, 4.69) is 0 Å². The molecule has 3 aliphatic rings. The first-order valence-electron chi connectivity index (χ1n) is 6.06. The molecule has 2 aliphatic carbocycles. The lowest BCUT2D eigenvalue weighted by Gasteiger charge is -2.14. The highest BCUT2D eigenvalue weighted by molar-refractivity contribution is 6.08. The van der Waals surface area contributed by atoms with Gasteiger partial charge in [-0.2, -0.15) is 0 Å². The van der Waals surface area contributed by atoms with Gasteiger partial charge in [-0.15, -0.1) is 0 Å². The number of hydrogen-bond donors (Lipinski definition) is 0. The van der Waals surface area contributed by atoms with Gasteiger partial charge in [0.1, 0.15) is 0 Å². The molecule has 2 amide bonds. The SMILES string of the molecule is O=C(CN1C(=O)C2CCCC2C1=O)C1CC1. The van der Waals surface area contributed by atoms with E-state index in [1.807, 2.05) is 0 Å². The number of fused-ring (bicyclic) bond motifs is 1. The second-order valence-electron chi connectivity index (χ2n) is 5.15. The van der Waals surface area contributed by atoms with E-state index in [0.29, 0.717) is 0 Å². The molecule has 4 heteroatoms. The Morgan fingerprint density at radius 3 is 2.12 bits per heavy atom. The average molecular weight is 221 g/mol. The molecule has 2 atom stereocenters. The Kier molecular flexibility index (Phi) is 2.13. The lowest BCUT2D eigenvalue weighted by atomic mass is 10.00. The quantitative estimate of drug-likeness (QED) is 0.661. The summed E-state index contributed by atoms with van der Waals surface area (Å²) < 4.78 is 0. The Labute approximate surface area is 94.0 Å². The van der Waals surface area contributed by atoms with Crippen LogP contribution in [0.1, 0.15) is 32.1 Å². The average Bonchev–Trinajstić information content (AvgIpc) is 2.96. The number of likely N-dealkylation sites (tertiary alicyclic amines) is 1. The van der Waals surface area contributed by atoms with Gasteiger partial charge in [0, 0.05) is 5.92 Å². The van der Waals surface area contributed by atoms with Crippen LogP contribution >= 0.6 is 0 Å². The van der Waals surface area contributed by atoms with Crippen molar-refractivity contribution in [2.45, 2.75) is 32.1 Å². The van der Waals surface area contributed by atoms with E-state index in [4.69, 9.17) is 0 Å². The van der Waals surface area contributed by atoms with Crippen LogP contribution < -0.4 is 0 Å². The maximum absolute atomic E-state index is 11.9. The van der Waals surface area contributed by atoms with E-state index < -0.39 is 0 Å². The summed E-state index contributed by atoms with van der Waals surface area (Å²) in [6.07, 6.45) is 4.48. The molecule has 2 saturated carbocycles. The van der Waals surface area contributed by atoms with Crippen molar-refractivity contribution in [2.75, 3.05) is 6.54 Å². The van der Waals surface area contributed by atoms with Crippen LogP contribution in [0.5, 0.6) is 0 Å². The molecule has 0 aromatic carbocycles. The molecular formula is C12H15NO3. The number of Topliss-reactive ketones (excluding diaryl/α,β-unsaturated/α-hetero) is 1. The van der Waals surface area contributed by atoms with Gasteiger partial charge in [-0.25, -0.2) is 0 Å². The third kappa shape index (κ3) is 1.39. The van der Waals surface area contributed by atoms with Crippen LogP contribution in [-0.2, 0) is 14.4 Å². The van der Waals surface area contributed by atoms with Gasteiger partial charge in [0.15, 0.2) is 5.78 Å². The number of nitrogens with zero attached hydrogens (tertiary/aromatic N) is 1. The van der Waals surface area contributed by atoms with Crippen molar-refractivity contribution in [2.24, 2.45) is 17.8 Å². The molecule has 2 unspecified atom stereocenters. The lowest BCUT2D eigenvalue weighted by Crippen LogP contribution is -2.36. The van der Waals surface area contributed by atoms with Crippen molar-refractivity contribution in [3.63, 3.8) is 0 Å². The summed E-state index contributed by atoms with van der Waals surface area (Å²) in [4.78, 5) is 36.7. The Morgan fingerprint density at radius 1 is 1.06 bits per heavy atom. The summed E-state index contributed by atoms with van der Waals surface area (Å²) in [6.45, 7) is 0.0370. The zero-order valence-electron chi connectivity index (χ0n) is 9.15. The minimum atomic E-state index is -0.112. The van der Waals surface area contributed by atoms with Crippen molar-refractivity contribution < 1.29 is 14.4 Å². The maximum Gasteiger partial charge on any atom is 0.233 e. The number of rotatable bonds is 3. The second-order valence-corrected chi connectivity index (χ2v) is 5.15. The smallest absolute Gasteiger partial charge is 0.233 e. The second kappa shape index (κ2) is 3.40. The molecule has 16 heavy (non-hydrogen) atoms.